The molecule has 0 aliphatic carbocycles. The summed E-state index contributed by atoms with van der Waals surface area (Å²) >= 11 is 4.04. The molecule has 40 heavy (non-hydrogen) atoms. The molecule has 206 valence electrons. The quantitative estimate of drug-likeness (QED) is 0.229. The average molecular weight is 556 g/mol. The van der Waals surface area contributed by atoms with Crippen molar-refractivity contribution in [1.29, 1.82) is 0 Å². The summed E-state index contributed by atoms with van der Waals surface area (Å²) in [6, 6.07) is 15.1. The van der Waals surface area contributed by atoms with Gasteiger partial charge in [0.25, 0.3) is 5.91 Å². The molecule has 1 fully saturated rings. The van der Waals surface area contributed by atoms with Crippen LogP contribution in [-0.4, -0.2) is 49.6 Å². The standard InChI is InChI=1S/C30H33N7O2S/c1-30(2,3)21-9-5-10-22(16-21)34-29(39)20-8-4-7-19(15-20)26-25-27(31)32-18-33-28(25)37(35-26)23-11-6-13-36(17-23)24(38)12-14-40/h4-5,7-10,12,14-16,18,23,40H,6,11,13,17H2,1-3H3,(H,34,39)(H2,31,32,33)/b14-12+/t23-/m1/s1. The summed E-state index contributed by atoms with van der Waals surface area (Å²) in [6.07, 6.45) is 4.55. The van der Waals surface area contributed by atoms with Crippen molar-refractivity contribution >= 4 is 47.0 Å². The van der Waals surface area contributed by atoms with Gasteiger partial charge in [0.05, 0.1) is 11.4 Å². The number of hydrogen-bond donors (Lipinski definition) is 3. The van der Waals surface area contributed by atoms with E-state index in [0.717, 1.165) is 29.7 Å². The number of benzene rings is 2. The summed E-state index contributed by atoms with van der Waals surface area (Å²) in [7, 11) is 0. The van der Waals surface area contributed by atoms with Crippen LogP contribution in [0.1, 0.15) is 55.6 Å². The molecule has 1 saturated heterocycles. The molecule has 3 heterocycles. The Kier molecular flexibility index (Phi) is 7.62. The molecule has 10 heteroatoms. The fourth-order valence-corrected chi connectivity index (χ4v) is 5.18. The summed E-state index contributed by atoms with van der Waals surface area (Å²) in [4.78, 5) is 36.3. The molecule has 1 aliphatic rings. The molecule has 0 bridgehead atoms. The van der Waals surface area contributed by atoms with Crippen LogP contribution in [0.4, 0.5) is 11.5 Å². The Morgan fingerprint density at radius 2 is 1.93 bits per heavy atom. The number of likely N-dealkylation sites (tertiary alicyclic amines) is 1. The number of piperidine rings is 1. The van der Waals surface area contributed by atoms with Crippen LogP contribution in [0.2, 0.25) is 0 Å². The zero-order valence-electron chi connectivity index (χ0n) is 22.8. The Morgan fingerprint density at radius 1 is 1.12 bits per heavy atom. The Hall–Kier alpha value is -4.18. The van der Waals surface area contributed by atoms with Crippen molar-refractivity contribution in [2.75, 3.05) is 24.1 Å². The van der Waals surface area contributed by atoms with Crippen molar-refractivity contribution in [3.63, 3.8) is 0 Å². The average Bonchev–Trinajstić information content (AvgIpc) is 3.34. The van der Waals surface area contributed by atoms with Gasteiger partial charge in [-0.05, 0) is 53.5 Å². The van der Waals surface area contributed by atoms with Crippen LogP contribution < -0.4 is 11.1 Å². The fourth-order valence-electron chi connectivity index (χ4n) is 5.05. The molecule has 4 aromatic rings. The van der Waals surface area contributed by atoms with Crippen molar-refractivity contribution in [2.45, 2.75) is 45.1 Å². The van der Waals surface area contributed by atoms with E-state index < -0.39 is 0 Å². The molecule has 0 unspecified atom stereocenters. The van der Waals surface area contributed by atoms with E-state index in [1.54, 1.807) is 17.0 Å². The lowest BCUT2D eigenvalue weighted by molar-refractivity contribution is -0.127. The van der Waals surface area contributed by atoms with Gasteiger partial charge in [-0.2, -0.15) is 17.7 Å². The maximum Gasteiger partial charge on any atom is 0.255 e. The number of nitrogens with one attached hydrogen (secondary N) is 1. The van der Waals surface area contributed by atoms with Gasteiger partial charge in [0.1, 0.15) is 17.8 Å². The smallest absolute Gasteiger partial charge is 0.255 e. The monoisotopic (exact) mass is 555 g/mol. The van der Waals surface area contributed by atoms with Gasteiger partial charge in [-0.3, -0.25) is 9.59 Å². The van der Waals surface area contributed by atoms with E-state index in [0.29, 0.717) is 41.2 Å². The highest BCUT2D eigenvalue weighted by atomic mass is 32.1. The molecule has 0 saturated carbocycles. The van der Waals surface area contributed by atoms with E-state index in [9.17, 15) is 9.59 Å². The maximum atomic E-state index is 13.3. The Labute approximate surface area is 238 Å². The minimum Gasteiger partial charge on any atom is -0.383 e. The number of amides is 2. The molecular weight excluding hydrogens is 522 g/mol. The molecule has 2 aromatic heterocycles. The van der Waals surface area contributed by atoms with E-state index in [4.69, 9.17) is 10.8 Å². The first kappa shape index (κ1) is 27.4. The highest BCUT2D eigenvalue weighted by Gasteiger charge is 2.28. The first-order chi connectivity index (χ1) is 19.2. The van der Waals surface area contributed by atoms with E-state index in [-0.39, 0.29) is 23.3 Å². The van der Waals surface area contributed by atoms with Crippen LogP contribution in [0.15, 0.2) is 66.3 Å². The number of anilines is 2. The first-order valence-corrected chi connectivity index (χ1v) is 13.8. The van der Waals surface area contributed by atoms with Gasteiger partial charge in [-0.25, -0.2) is 14.6 Å². The summed E-state index contributed by atoms with van der Waals surface area (Å²) in [6.45, 7) is 7.58. The largest absolute Gasteiger partial charge is 0.383 e. The van der Waals surface area contributed by atoms with Crippen LogP contribution in [0.25, 0.3) is 22.3 Å². The summed E-state index contributed by atoms with van der Waals surface area (Å²) in [5, 5.41) is 10.0. The number of nitrogens with zero attached hydrogens (tertiary/aromatic N) is 5. The van der Waals surface area contributed by atoms with Crippen molar-refractivity contribution < 1.29 is 9.59 Å². The lowest BCUT2D eigenvalue weighted by Gasteiger charge is -2.32. The number of rotatable bonds is 5. The zero-order valence-corrected chi connectivity index (χ0v) is 23.7. The van der Waals surface area contributed by atoms with Gasteiger partial charge in [0.15, 0.2) is 5.65 Å². The van der Waals surface area contributed by atoms with E-state index in [1.165, 1.54) is 17.8 Å². The molecule has 0 radical (unpaired) electrons. The third-order valence-electron chi connectivity index (χ3n) is 7.17. The number of carbonyl (C=O) groups is 2. The van der Waals surface area contributed by atoms with Crippen molar-refractivity contribution in [3.8, 4) is 11.3 Å². The van der Waals surface area contributed by atoms with Gasteiger partial charge in [0, 0.05) is 36.0 Å². The molecule has 1 atom stereocenters. The van der Waals surface area contributed by atoms with Crippen LogP contribution >= 0.6 is 12.6 Å². The third-order valence-corrected chi connectivity index (χ3v) is 7.32. The number of aromatic nitrogens is 4. The second kappa shape index (κ2) is 11.1. The molecular formula is C30H33N7O2S. The number of carbonyl (C=O) groups excluding carboxylic acids is 2. The highest BCUT2D eigenvalue weighted by Crippen LogP contribution is 2.34. The molecule has 1 aliphatic heterocycles. The molecule has 2 amide bonds. The SMILES string of the molecule is CC(C)(C)c1cccc(NC(=O)c2cccc(-c3nn([C@@H]4CCCN(C(=O)/C=C/S)C4)c4ncnc(N)c34)c2)c1. The van der Waals surface area contributed by atoms with Crippen LogP contribution in [0.5, 0.6) is 0 Å². The Morgan fingerprint density at radius 3 is 2.70 bits per heavy atom. The zero-order chi connectivity index (χ0) is 28.4. The Balaban J connectivity index is 1.48. The van der Waals surface area contributed by atoms with Gasteiger partial charge >= 0.3 is 0 Å². The van der Waals surface area contributed by atoms with Crippen LogP contribution in [0, 0.1) is 0 Å². The Bertz CT molecular complexity index is 1610. The number of nitrogen functional groups attached to an aromatic ring is 1. The van der Waals surface area contributed by atoms with Gasteiger partial charge in [-0.1, -0.05) is 45.0 Å². The molecule has 9 nitrogen and oxygen atoms in total. The number of thiol groups is 1. The maximum absolute atomic E-state index is 13.3. The van der Waals surface area contributed by atoms with E-state index in [1.807, 2.05) is 35.0 Å². The fraction of sp³-hybridized carbons (Fsp3) is 0.300. The second-order valence-electron chi connectivity index (χ2n) is 11.0. The van der Waals surface area contributed by atoms with Crippen molar-refractivity contribution in [1.82, 2.24) is 24.6 Å². The van der Waals surface area contributed by atoms with Crippen molar-refractivity contribution in [2.24, 2.45) is 0 Å². The minimum atomic E-state index is -0.223. The van der Waals surface area contributed by atoms with Gasteiger partial charge in [-0.15, -0.1) is 0 Å². The summed E-state index contributed by atoms with van der Waals surface area (Å²) in [5.41, 5.74) is 10.6. The lowest BCUT2D eigenvalue weighted by Crippen LogP contribution is -2.40. The number of hydrogen-bond acceptors (Lipinski definition) is 7. The minimum absolute atomic E-state index is 0.0333. The summed E-state index contributed by atoms with van der Waals surface area (Å²) in [5.74, 6) is -0.00123. The van der Waals surface area contributed by atoms with Crippen LogP contribution in [0.3, 0.4) is 0 Å². The number of nitrogens with two attached hydrogens (primary N) is 1. The van der Waals surface area contributed by atoms with Gasteiger partial charge < -0.3 is 16.0 Å². The molecule has 5 rings (SSSR count). The van der Waals surface area contributed by atoms with E-state index in [2.05, 4.69) is 54.8 Å². The predicted octanol–water partition coefficient (Wildman–Crippen LogP) is 5.23. The lowest BCUT2D eigenvalue weighted by atomic mass is 9.87. The molecule has 2 aromatic carbocycles. The highest BCUT2D eigenvalue weighted by molar-refractivity contribution is 7.83. The van der Waals surface area contributed by atoms with Crippen LogP contribution in [-0.2, 0) is 10.2 Å². The molecule has 3 N–H and O–H groups in total. The molecule has 0 spiro atoms. The normalized spacial score (nSPS) is 16.0. The second-order valence-corrected chi connectivity index (χ2v) is 11.3. The first-order valence-electron chi connectivity index (χ1n) is 13.3. The topological polar surface area (TPSA) is 119 Å². The van der Waals surface area contributed by atoms with Gasteiger partial charge in [0.2, 0.25) is 5.91 Å². The third kappa shape index (κ3) is 5.58. The van der Waals surface area contributed by atoms with Crippen molar-refractivity contribution in [3.05, 3.63) is 77.5 Å². The predicted molar refractivity (Wildman–Crippen MR) is 161 cm³/mol. The summed E-state index contributed by atoms with van der Waals surface area (Å²) < 4.78 is 1.84. The number of fused-ring (bicyclic) bond motifs is 1. The van der Waals surface area contributed by atoms with E-state index >= 15 is 0 Å².